The molecular weight excluding hydrogens is 300 g/mol. The first-order valence-corrected chi connectivity index (χ1v) is 6.80. The minimum atomic E-state index is -1.09. The van der Waals surface area contributed by atoms with Crippen LogP contribution in [0.15, 0.2) is 36.0 Å². The van der Waals surface area contributed by atoms with Gasteiger partial charge in [-0.3, -0.25) is 0 Å². The number of hydrogen-bond acceptors (Lipinski definition) is 5. The summed E-state index contributed by atoms with van der Waals surface area (Å²) in [6.45, 7) is 0. The molecular formula is C13H7ClN2O3S. The number of thiophene rings is 1. The molecule has 3 aromatic rings. The monoisotopic (exact) mass is 306 g/mol. The van der Waals surface area contributed by atoms with Crippen LogP contribution in [0.3, 0.4) is 0 Å². The number of halogens is 1. The van der Waals surface area contributed by atoms with Crippen LogP contribution in [-0.4, -0.2) is 21.0 Å². The second kappa shape index (κ2) is 5.07. The fourth-order valence-corrected chi connectivity index (χ4v) is 2.60. The maximum atomic E-state index is 11.2. The molecule has 5 nitrogen and oxygen atoms in total. The largest absolute Gasteiger partial charge is 0.478 e. The second-order valence-corrected chi connectivity index (χ2v) is 5.20. The van der Waals surface area contributed by atoms with E-state index >= 15 is 0 Å². The number of ether oxygens (including phenoxy) is 1. The Hall–Kier alpha value is -2.18. The normalized spacial score (nSPS) is 10.7. The number of benzene rings is 1. The SMILES string of the molecule is O=C(O)c1ccc(Cl)cc1Oc1ncnc2sccc12. The maximum Gasteiger partial charge on any atom is 0.339 e. The Morgan fingerprint density at radius 3 is 2.95 bits per heavy atom. The molecule has 0 amide bonds. The molecule has 0 bridgehead atoms. The summed E-state index contributed by atoms with van der Waals surface area (Å²) in [5.74, 6) is -0.635. The van der Waals surface area contributed by atoms with E-state index in [9.17, 15) is 4.79 Å². The van der Waals surface area contributed by atoms with Gasteiger partial charge in [0.2, 0.25) is 5.88 Å². The van der Waals surface area contributed by atoms with Crippen LogP contribution in [0.4, 0.5) is 0 Å². The van der Waals surface area contributed by atoms with Crippen molar-refractivity contribution >= 4 is 39.1 Å². The van der Waals surface area contributed by atoms with E-state index in [1.54, 1.807) is 0 Å². The van der Waals surface area contributed by atoms with Crippen LogP contribution in [0.1, 0.15) is 10.4 Å². The highest BCUT2D eigenvalue weighted by molar-refractivity contribution is 7.16. The molecule has 0 spiro atoms. The second-order valence-electron chi connectivity index (χ2n) is 3.87. The van der Waals surface area contributed by atoms with Crippen LogP contribution in [0.2, 0.25) is 5.02 Å². The molecule has 3 rings (SSSR count). The zero-order valence-electron chi connectivity index (χ0n) is 9.91. The summed E-state index contributed by atoms with van der Waals surface area (Å²) in [7, 11) is 0. The Labute approximate surface area is 122 Å². The Morgan fingerprint density at radius 1 is 1.30 bits per heavy atom. The van der Waals surface area contributed by atoms with Crippen LogP contribution in [0, 0.1) is 0 Å². The molecule has 0 atom stereocenters. The van der Waals surface area contributed by atoms with Gasteiger partial charge in [0, 0.05) is 11.1 Å². The standard InChI is InChI=1S/C13H7ClN2O3S/c14-7-1-2-8(13(17)18)10(5-7)19-11-9-3-4-20-12(9)16-6-15-11/h1-6H,(H,17,18). The fraction of sp³-hybridized carbons (Fsp3) is 0. The molecule has 0 aliphatic rings. The molecule has 0 unspecified atom stereocenters. The van der Waals surface area contributed by atoms with Crippen molar-refractivity contribution in [3.05, 3.63) is 46.6 Å². The predicted molar refractivity (Wildman–Crippen MR) is 75.9 cm³/mol. The summed E-state index contributed by atoms with van der Waals surface area (Å²) in [4.78, 5) is 20.1. The van der Waals surface area contributed by atoms with E-state index in [2.05, 4.69) is 9.97 Å². The Kier molecular flexibility index (Phi) is 3.25. The average Bonchev–Trinajstić information content (AvgIpc) is 2.88. The number of carboxylic acids is 1. The summed E-state index contributed by atoms with van der Waals surface area (Å²) in [6.07, 6.45) is 1.37. The molecule has 7 heteroatoms. The van der Waals surface area contributed by atoms with Crippen molar-refractivity contribution in [1.82, 2.24) is 9.97 Å². The molecule has 1 N–H and O–H groups in total. The number of carbonyl (C=O) groups is 1. The van der Waals surface area contributed by atoms with Gasteiger partial charge in [-0.05, 0) is 23.6 Å². The van der Waals surface area contributed by atoms with Crippen molar-refractivity contribution in [3.8, 4) is 11.6 Å². The minimum absolute atomic E-state index is 0.0244. The molecule has 0 saturated carbocycles. The van der Waals surface area contributed by atoms with Crippen molar-refractivity contribution in [2.75, 3.05) is 0 Å². The lowest BCUT2D eigenvalue weighted by atomic mass is 10.2. The van der Waals surface area contributed by atoms with Gasteiger partial charge in [0.25, 0.3) is 0 Å². The third-order valence-corrected chi connectivity index (χ3v) is 3.66. The number of carboxylic acid groups (broad SMARTS) is 1. The highest BCUT2D eigenvalue weighted by Gasteiger charge is 2.15. The van der Waals surface area contributed by atoms with E-state index in [-0.39, 0.29) is 11.3 Å². The van der Waals surface area contributed by atoms with Gasteiger partial charge in [0.1, 0.15) is 22.5 Å². The van der Waals surface area contributed by atoms with Crippen molar-refractivity contribution in [3.63, 3.8) is 0 Å². The van der Waals surface area contributed by atoms with Gasteiger partial charge in [-0.1, -0.05) is 11.6 Å². The van der Waals surface area contributed by atoms with Gasteiger partial charge < -0.3 is 9.84 Å². The van der Waals surface area contributed by atoms with Crippen LogP contribution in [0.5, 0.6) is 11.6 Å². The van der Waals surface area contributed by atoms with E-state index in [0.29, 0.717) is 10.9 Å². The van der Waals surface area contributed by atoms with E-state index in [1.807, 2.05) is 11.4 Å². The third-order valence-electron chi connectivity index (χ3n) is 2.61. The van der Waals surface area contributed by atoms with E-state index in [4.69, 9.17) is 21.4 Å². The topological polar surface area (TPSA) is 72.3 Å². The first kappa shape index (κ1) is 12.8. The number of nitrogens with zero attached hydrogens (tertiary/aromatic N) is 2. The van der Waals surface area contributed by atoms with Crippen LogP contribution in [-0.2, 0) is 0 Å². The lowest BCUT2D eigenvalue weighted by Crippen LogP contribution is -2.00. The molecule has 2 heterocycles. The quantitative estimate of drug-likeness (QED) is 0.796. The third kappa shape index (κ3) is 2.31. The predicted octanol–water partition coefficient (Wildman–Crippen LogP) is 3.84. The van der Waals surface area contributed by atoms with Crippen LogP contribution < -0.4 is 4.74 Å². The zero-order valence-corrected chi connectivity index (χ0v) is 11.5. The van der Waals surface area contributed by atoms with Gasteiger partial charge in [-0.15, -0.1) is 11.3 Å². The van der Waals surface area contributed by atoms with Gasteiger partial charge in [0.05, 0.1) is 5.39 Å². The zero-order chi connectivity index (χ0) is 14.1. The van der Waals surface area contributed by atoms with Gasteiger partial charge in [0.15, 0.2) is 0 Å². The first-order valence-electron chi connectivity index (χ1n) is 5.54. The number of fused-ring (bicyclic) bond motifs is 1. The summed E-state index contributed by atoms with van der Waals surface area (Å²) < 4.78 is 5.61. The summed E-state index contributed by atoms with van der Waals surface area (Å²) in [5.41, 5.74) is 0.0244. The maximum absolute atomic E-state index is 11.2. The number of hydrogen-bond donors (Lipinski definition) is 1. The Morgan fingerprint density at radius 2 is 2.15 bits per heavy atom. The lowest BCUT2D eigenvalue weighted by Gasteiger charge is -2.08. The summed E-state index contributed by atoms with van der Waals surface area (Å²) in [6, 6.07) is 6.16. The smallest absolute Gasteiger partial charge is 0.339 e. The number of rotatable bonds is 3. The molecule has 0 radical (unpaired) electrons. The van der Waals surface area contributed by atoms with Crippen LogP contribution >= 0.6 is 22.9 Å². The molecule has 0 aliphatic heterocycles. The van der Waals surface area contributed by atoms with E-state index < -0.39 is 5.97 Å². The summed E-state index contributed by atoms with van der Waals surface area (Å²) in [5, 5.41) is 12.1. The minimum Gasteiger partial charge on any atom is -0.478 e. The van der Waals surface area contributed by atoms with Crippen molar-refractivity contribution in [1.29, 1.82) is 0 Å². The molecule has 0 saturated heterocycles. The van der Waals surface area contributed by atoms with Gasteiger partial charge in [-0.25, -0.2) is 14.8 Å². The average molecular weight is 307 g/mol. The van der Waals surface area contributed by atoms with E-state index in [0.717, 1.165) is 10.2 Å². The Balaban J connectivity index is 2.09. The highest BCUT2D eigenvalue weighted by atomic mass is 35.5. The lowest BCUT2D eigenvalue weighted by molar-refractivity contribution is 0.0694. The Bertz CT molecular complexity index is 803. The van der Waals surface area contributed by atoms with E-state index in [1.165, 1.54) is 35.9 Å². The van der Waals surface area contributed by atoms with Gasteiger partial charge >= 0.3 is 5.97 Å². The highest BCUT2D eigenvalue weighted by Crippen LogP contribution is 2.32. The summed E-state index contributed by atoms with van der Waals surface area (Å²) >= 11 is 7.33. The van der Waals surface area contributed by atoms with Crippen LogP contribution in [0.25, 0.3) is 10.2 Å². The molecule has 1 aromatic carbocycles. The molecule has 100 valence electrons. The molecule has 0 fully saturated rings. The van der Waals surface area contributed by atoms with Crippen molar-refractivity contribution < 1.29 is 14.6 Å². The molecule has 0 aliphatic carbocycles. The number of aromatic carboxylic acids is 1. The molecule has 2 aromatic heterocycles. The van der Waals surface area contributed by atoms with Crippen molar-refractivity contribution in [2.45, 2.75) is 0 Å². The fourth-order valence-electron chi connectivity index (χ4n) is 1.71. The molecule has 20 heavy (non-hydrogen) atoms. The number of aromatic nitrogens is 2. The van der Waals surface area contributed by atoms with Crippen molar-refractivity contribution in [2.24, 2.45) is 0 Å². The first-order chi connectivity index (χ1) is 9.65. The van der Waals surface area contributed by atoms with Gasteiger partial charge in [-0.2, -0.15) is 0 Å².